The summed E-state index contributed by atoms with van der Waals surface area (Å²) in [6.07, 6.45) is 0. The Kier molecular flexibility index (Phi) is 3.93. The van der Waals surface area contributed by atoms with Crippen LogP contribution in [0.3, 0.4) is 0 Å². The molecule has 0 heterocycles. The molecule has 2 nitrogen and oxygen atoms in total. The fourth-order valence-corrected chi connectivity index (χ4v) is 2.20. The molecule has 0 spiro atoms. The Morgan fingerprint density at radius 3 is 2.37 bits per heavy atom. The molecular formula is C15H16F2N2. The molecule has 0 aliphatic carbocycles. The van der Waals surface area contributed by atoms with Gasteiger partial charge in [-0.05, 0) is 42.7 Å². The Labute approximate surface area is 111 Å². The molecule has 0 aliphatic rings. The summed E-state index contributed by atoms with van der Waals surface area (Å²) < 4.78 is 27.3. The monoisotopic (exact) mass is 262 g/mol. The van der Waals surface area contributed by atoms with E-state index in [2.05, 4.69) is 5.43 Å². The van der Waals surface area contributed by atoms with Crippen LogP contribution in [0.25, 0.3) is 0 Å². The summed E-state index contributed by atoms with van der Waals surface area (Å²) >= 11 is 0. The van der Waals surface area contributed by atoms with E-state index in [-0.39, 0.29) is 11.6 Å². The highest BCUT2D eigenvalue weighted by Crippen LogP contribution is 2.27. The number of hydrogen-bond donors (Lipinski definition) is 2. The SMILES string of the molecule is Cc1cc(F)ccc1C(NN)c1cccc(C)c1F. The molecule has 0 saturated carbocycles. The number of hydrogen-bond acceptors (Lipinski definition) is 2. The van der Waals surface area contributed by atoms with Crippen LogP contribution in [-0.4, -0.2) is 0 Å². The predicted molar refractivity (Wildman–Crippen MR) is 71.4 cm³/mol. The zero-order chi connectivity index (χ0) is 14.0. The van der Waals surface area contributed by atoms with Crippen molar-refractivity contribution in [3.05, 3.63) is 70.3 Å². The number of nitrogens with two attached hydrogens (primary N) is 1. The van der Waals surface area contributed by atoms with Gasteiger partial charge in [0.25, 0.3) is 0 Å². The van der Waals surface area contributed by atoms with E-state index in [0.717, 1.165) is 11.1 Å². The average Bonchev–Trinajstić information content (AvgIpc) is 2.37. The van der Waals surface area contributed by atoms with Gasteiger partial charge in [0.2, 0.25) is 0 Å². The van der Waals surface area contributed by atoms with Gasteiger partial charge in [0.15, 0.2) is 0 Å². The third kappa shape index (κ3) is 2.64. The molecule has 2 aromatic rings. The number of rotatable bonds is 3. The molecule has 2 rings (SSSR count). The van der Waals surface area contributed by atoms with E-state index < -0.39 is 6.04 Å². The number of nitrogens with one attached hydrogen (secondary N) is 1. The van der Waals surface area contributed by atoms with Gasteiger partial charge in [-0.15, -0.1) is 0 Å². The van der Waals surface area contributed by atoms with E-state index in [1.165, 1.54) is 12.1 Å². The third-order valence-electron chi connectivity index (χ3n) is 3.24. The molecule has 3 N–H and O–H groups in total. The fraction of sp³-hybridized carbons (Fsp3) is 0.200. The Morgan fingerprint density at radius 2 is 1.74 bits per heavy atom. The minimum Gasteiger partial charge on any atom is -0.271 e. The molecule has 2 aromatic carbocycles. The maximum Gasteiger partial charge on any atom is 0.131 e. The lowest BCUT2D eigenvalue weighted by molar-refractivity contribution is 0.552. The van der Waals surface area contributed by atoms with E-state index >= 15 is 0 Å². The first-order chi connectivity index (χ1) is 9.04. The van der Waals surface area contributed by atoms with E-state index in [4.69, 9.17) is 5.84 Å². The van der Waals surface area contributed by atoms with Crippen LogP contribution in [-0.2, 0) is 0 Å². The van der Waals surface area contributed by atoms with Gasteiger partial charge in [-0.3, -0.25) is 5.84 Å². The molecule has 0 fully saturated rings. The van der Waals surface area contributed by atoms with Crippen LogP contribution in [0.15, 0.2) is 36.4 Å². The van der Waals surface area contributed by atoms with Crippen molar-refractivity contribution < 1.29 is 8.78 Å². The molecule has 1 atom stereocenters. The average molecular weight is 262 g/mol. The zero-order valence-corrected chi connectivity index (χ0v) is 10.9. The largest absolute Gasteiger partial charge is 0.271 e. The fourth-order valence-electron chi connectivity index (χ4n) is 2.20. The molecule has 0 amide bonds. The van der Waals surface area contributed by atoms with Gasteiger partial charge in [-0.1, -0.05) is 24.3 Å². The summed E-state index contributed by atoms with van der Waals surface area (Å²) in [4.78, 5) is 0. The molecule has 19 heavy (non-hydrogen) atoms. The lowest BCUT2D eigenvalue weighted by atomic mass is 9.94. The maximum atomic E-state index is 14.2. The van der Waals surface area contributed by atoms with Crippen molar-refractivity contribution in [3.8, 4) is 0 Å². The summed E-state index contributed by atoms with van der Waals surface area (Å²) in [7, 11) is 0. The van der Waals surface area contributed by atoms with Crippen LogP contribution in [0.2, 0.25) is 0 Å². The quantitative estimate of drug-likeness (QED) is 0.658. The molecule has 0 radical (unpaired) electrons. The zero-order valence-electron chi connectivity index (χ0n) is 10.9. The normalized spacial score (nSPS) is 12.5. The summed E-state index contributed by atoms with van der Waals surface area (Å²) in [6, 6.07) is 9.03. The molecule has 100 valence electrons. The second-order valence-electron chi connectivity index (χ2n) is 4.58. The molecule has 4 heteroatoms. The molecule has 1 unspecified atom stereocenters. The standard InChI is InChI=1S/C15H16F2N2/c1-9-4-3-5-13(14(9)17)15(19-18)12-7-6-11(16)8-10(12)2/h3-8,15,19H,18H2,1-2H3. The van der Waals surface area contributed by atoms with Crippen molar-refractivity contribution in [2.24, 2.45) is 5.84 Å². The third-order valence-corrected chi connectivity index (χ3v) is 3.24. The van der Waals surface area contributed by atoms with Crippen molar-refractivity contribution in [1.82, 2.24) is 5.43 Å². The van der Waals surface area contributed by atoms with E-state index in [0.29, 0.717) is 11.1 Å². The highest BCUT2D eigenvalue weighted by molar-refractivity contribution is 5.39. The first kappa shape index (κ1) is 13.6. The second kappa shape index (κ2) is 5.47. The number of aryl methyl sites for hydroxylation is 2. The van der Waals surface area contributed by atoms with Crippen molar-refractivity contribution in [3.63, 3.8) is 0 Å². The molecule has 0 saturated heterocycles. The van der Waals surface area contributed by atoms with Crippen molar-refractivity contribution >= 4 is 0 Å². The number of hydrazine groups is 1. The van der Waals surface area contributed by atoms with Crippen LogP contribution in [0, 0.1) is 25.5 Å². The predicted octanol–water partition coefficient (Wildman–Crippen LogP) is 3.13. The second-order valence-corrected chi connectivity index (χ2v) is 4.58. The number of benzene rings is 2. The molecule has 0 bridgehead atoms. The van der Waals surface area contributed by atoms with Crippen LogP contribution in [0.4, 0.5) is 8.78 Å². The number of halogens is 2. The minimum absolute atomic E-state index is 0.297. The topological polar surface area (TPSA) is 38.0 Å². The van der Waals surface area contributed by atoms with Gasteiger partial charge in [0, 0.05) is 5.56 Å². The highest BCUT2D eigenvalue weighted by Gasteiger charge is 2.19. The van der Waals surface area contributed by atoms with Crippen LogP contribution in [0.5, 0.6) is 0 Å². The lowest BCUT2D eigenvalue weighted by Gasteiger charge is -2.20. The van der Waals surface area contributed by atoms with Gasteiger partial charge in [-0.25, -0.2) is 14.2 Å². The minimum atomic E-state index is -0.500. The Bertz CT molecular complexity index is 597. The molecule has 0 aliphatic heterocycles. The van der Waals surface area contributed by atoms with Crippen molar-refractivity contribution in [1.29, 1.82) is 0 Å². The van der Waals surface area contributed by atoms with Crippen molar-refractivity contribution in [2.75, 3.05) is 0 Å². The van der Waals surface area contributed by atoms with Gasteiger partial charge < -0.3 is 0 Å². The lowest BCUT2D eigenvalue weighted by Crippen LogP contribution is -2.30. The van der Waals surface area contributed by atoms with E-state index in [1.807, 2.05) is 0 Å². The van der Waals surface area contributed by atoms with Gasteiger partial charge in [-0.2, -0.15) is 0 Å². The summed E-state index contributed by atoms with van der Waals surface area (Å²) in [6.45, 7) is 3.47. The van der Waals surface area contributed by atoms with Gasteiger partial charge >= 0.3 is 0 Å². The van der Waals surface area contributed by atoms with Crippen LogP contribution in [0.1, 0.15) is 28.3 Å². The molecule has 0 aromatic heterocycles. The first-order valence-corrected chi connectivity index (χ1v) is 6.01. The highest BCUT2D eigenvalue weighted by atomic mass is 19.1. The van der Waals surface area contributed by atoms with Crippen LogP contribution < -0.4 is 11.3 Å². The van der Waals surface area contributed by atoms with Gasteiger partial charge in [0.05, 0.1) is 6.04 Å². The summed E-state index contributed by atoms with van der Waals surface area (Å²) in [5.74, 6) is 4.94. The van der Waals surface area contributed by atoms with E-state index in [1.54, 1.807) is 38.1 Å². The van der Waals surface area contributed by atoms with Gasteiger partial charge in [0.1, 0.15) is 11.6 Å². The summed E-state index contributed by atoms with van der Waals surface area (Å²) in [5.41, 5.74) is 5.09. The van der Waals surface area contributed by atoms with Crippen molar-refractivity contribution in [2.45, 2.75) is 19.9 Å². The Balaban J connectivity index is 2.53. The maximum absolute atomic E-state index is 14.2. The smallest absolute Gasteiger partial charge is 0.131 e. The first-order valence-electron chi connectivity index (χ1n) is 6.01. The Hall–Kier alpha value is -1.78. The molecular weight excluding hydrogens is 246 g/mol. The van der Waals surface area contributed by atoms with E-state index in [9.17, 15) is 8.78 Å². The Morgan fingerprint density at radius 1 is 1.00 bits per heavy atom. The van der Waals surface area contributed by atoms with Crippen LogP contribution >= 0.6 is 0 Å². The summed E-state index contributed by atoms with van der Waals surface area (Å²) in [5, 5.41) is 0.